The summed E-state index contributed by atoms with van der Waals surface area (Å²) >= 11 is 2.98. The van der Waals surface area contributed by atoms with Crippen molar-refractivity contribution in [2.75, 3.05) is 30.1 Å². The van der Waals surface area contributed by atoms with Gasteiger partial charge in [-0.2, -0.15) is 0 Å². The van der Waals surface area contributed by atoms with Crippen molar-refractivity contribution in [1.82, 2.24) is 4.57 Å². The molecule has 0 unspecified atom stereocenters. The summed E-state index contributed by atoms with van der Waals surface area (Å²) in [6.07, 6.45) is 2.07. The van der Waals surface area contributed by atoms with Crippen LogP contribution in [0.1, 0.15) is 22.7 Å². The molecule has 0 bridgehead atoms. The minimum atomic E-state index is -4.44. The Morgan fingerprint density at radius 3 is 2.41 bits per heavy atom. The third kappa shape index (κ3) is 6.73. The van der Waals surface area contributed by atoms with E-state index >= 15 is 0 Å². The Balaban J connectivity index is 0.00000380. The number of hydrogen-bond donors (Lipinski definition) is 0. The molecule has 3 heterocycles. The average molecular weight is 596 g/mol. The van der Waals surface area contributed by atoms with Crippen molar-refractivity contribution in [3.05, 3.63) is 39.5 Å². The number of aryl methyl sites for hydroxylation is 3. The van der Waals surface area contributed by atoms with E-state index in [-0.39, 0.29) is 42.5 Å². The first-order valence-electron chi connectivity index (χ1n) is 11.0. The van der Waals surface area contributed by atoms with Gasteiger partial charge in [-0.3, -0.25) is 0 Å². The molecule has 10 nitrogen and oxygen atoms in total. The summed E-state index contributed by atoms with van der Waals surface area (Å²) in [7, 11) is -5.31. The fourth-order valence-electron chi connectivity index (χ4n) is 4.16. The molecule has 1 aromatic carbocycles. The molecule has 0 amide bonds. The van der Waals surface area contributed by atoms with Crippen LogP contribution >= 0.6 is 23.1 Å². The first kappa shape index (κ1) is 30.4. The summed E-state index contributed by atoms with van der Waals surface area (Å²) < 4.78 is 78.3. The van der Waals surface area contributed by atoms with E-state index in [4.69, 9.17) is 4.74 Å². The van der Waals surface area contributed by atoms with Gasteiger partial charge in [0.15, 0.2) is 5.01 Å². The van der Waals surface area contributed by atoms with Gasteiger partial charge in [0.1, 0.15) is 16.1 Å². The second kappa shape index (κ2) is 11.6. The van der Waals surface area contributed by atoms with Crippen molar-refractivity contribution in [3.8, 4) is 5.75 Å². The van der Waals surface area contributed by atoms with E-state index in [0.717, 1.165) is 42.2 Å². The maximum Gasteiger partial charge on any atom is 1.00 e. The van der Waals surface area contributed by atoms with Crippen molar-refractivity contribution in [2.45, 2.75) is 31.7 Å². The number of nitrogens with zero attached hydrogens (tertiary/aromatic N) is 3. The average Bonchev–Trinajstić information content (AvgIpc) is 3.38. The van der Waals surface area contributed by atoms with Crippen molar-refractivity contribution in [3.63, 3.8) is 0 Å². The Morgan fingerprint density at radius 2 is 1.78 bits per heavy atom. The van der Waals surface area contributed by atoms with Crippen molar-refractivity contribution >= 4 is 65.4 Å². The molecular formula is C22H26N3NaO7S4. The summed E-state index contributed by atoms with van der Waals surface area (Å²) in [6, 6.07) is 5.49. The molecule has 0 spiro atoms. The van der Waals surface area contributed by atoms with Gasteiger partial charge in [-0.05, 0) is 32.4 Å². The number of hydrogen-bond acceptors (Lipinski definition) is 10. The Hall–Kier alpha value is -1.10. The predicted molar refractivity (Wildman–Crippen MR) is 138 cm³/mol. The molecule has 15 heteroatoms. The zero-order valence-corrected chi connectivity index (χ0v) is 26.4. The van der Waals surface area contributed by atoms with E-state index in [2.05, 4.69) is 0 Å². The van der Waals surface area contributed by atoms with Crippen LogP contribution in [0.3, 0.4) is 0 Å². The molecule has 1 aliphatic heterocycles. The number of benzene rings is 1. The molecule has 1 aliphatic rings. The molecule has 0 atom stereocenters. The number of rotatable bonds is 9. The molecule has 0 saturated carbocycles. The number of anilines is 1. The van der Waals surface area contributed by atoms with Crippen molar-refractivity contribution in [1.29, 1.82) is 0 Å². The third-order valence-corrected chi connectivity index (χ3v) is 9.98. The monoisotopic (exact) mass is 595 g/mol. The Bertz CT molecular complexity index is 1580. The zero-order chi connectivity index (χ0) is 26.4. The van der Waals surface area contributed by atoms with Crippen LogP contribution in [0.2, 0.25) is 0 Å². The van der Waals surface area contributed by atoms with Crippen LogP contribution in [0, 0.1) is 13.8 Å². The van der Waals surface area contributed by atoms with E-state index in [9.17, 15) is 25.9 Å². The summed E-state index contributed by atoms with van der Waals surface area (Å²) in [5.74, 6) is -0.427. The summed E-state index contributed by atoms with van der Waals surface area (Å²) in [5.41, 5.74) is 3.85. The van der Waals surface area contributed by atoms with Crippen molar-refractivity contribution < 1.29 is 64.8 Å². The zero-order valence-electron chi connectivity index (χ0n) is 21.2. The molecule has 3 aromatic rings. The number of methoxy groups -OCH3 is 1. The van der Waals surface area contributed by atoms with Gasteiger partial charge < -0.3 is 18.7 Å². The quantitative estimate of drug-likeness (QED) is 0.183. The molecule has 0 saturated heterocycles. The fraction of sp³-hybridized carbons (Fsp3) is 0.409. The SMILES string of the molecule is COc1ccc2c(c1)N(CCS(=O)(=O)[O-])C(=Cc1sc3c(C)c(C)n(C)c3[n+]1CCCS(=O)(=O)[O-])S2.[Na+]. The van der Waals surface area contributed by atoms with Gasteiger partial charge in [0.2, 0.25) is 0 Å². The summed E-state index contributed by atoms with van der Waals surface area (Å²) in [4.78, 5) is 2.68. The topological polar surface area (TPSA) is 136 Å². The Labute approximate surface area is 247 Å². The van der Waals surface area contributed by atoms with E-state index in [1.165, 1.54) is 23.1 Å². The smallest absolute Gasteiger partial charge is 0.748 e. The molecule has 0 N–H and O–H groups in total. The van der Waals surface area contributed by atoms with Crippen LogP contribution in [0.4, 0.5) is 5.69 Å². The number of ether oxygens (including phenoxy) is 1. The van der Waals surface area contributed by atoms with E-state index in [0.29, 0.717) is 12.3 Å². The number of fused-ring (bicyclic) bond motifs is 2. The van der Waals surface area contributed by atoms with Gasteiger partial charge in [-0.1, -0.05) is 23.1 Å². The third-order valence-electron chi connectivity index (χ3n) is 6.16. The van der Waals surface area contributed by atoms with Gasteiger partial charge in [0, 0.05) is 34.9 Å². The number of thioether (sulfide) groups is 1. The van der Waals surface area contributed by atoms with Gasteiger partial charge in [0.25, 0.3) is 0 Å². The second-order valence-electron chi connectivity index (χ2n) is 8.46. The second-order valence-corrected chi connectivity index (χ2v) is 13.6. The summed E-state index contributed by atoms with van der Waals surface area (Å²) in [5, 5.41) is 1.55. The Kier molecular flexibility index (Phi) is 9.51. The normalized spacial score (nSPS) is 14.9. The number of thiazole rings is 1. The van der Waals surface area contributed by atoms with Crippen LogP contribution in [0.25, 0.3) is 16.4 Å². The molecule has 2 aromatic heterocycles. The maximum absolute atomic E-state index is 11.4. The van der Waals surface area contributed by atoms with E-state index in [1.54, 1.807) is 18.1 Å². The van der Waals surface area contributed by atoms with Crippen molar-refractivity contribution in [2.24, 2.45) is 7.05 Å². The molecule has 0 aliphatic carbocycles. The van der Waals surface area contributed by atoms with Gasteiger partial charge >= 0.3 is 35.2 Å². The minimum Gasteiger partial charge on any atom is -0.748 e. The molecule has 4 rings (SSSR count). The van der Waals surface area contributed by atoms with Gasteiger partial charge in [0.05, 0.1) is 57.4 Å². The van der Waals surface area contributed by atoms with E-state index < -0.39 is 31.7 Å². The van der Waals surface area contributed by atoms with Crippen LogP contribution in [0.5, 0.6) is 5.75 Å². The number of aromatic nitrogens is 2. The van der Waals surface area contributed by atoms with Crippen LogP contribution < -0.4 is 43.8 Å². The van der Waals surface area contributed by atoms with E-state index in [1.807, 2.05) is 48.2 Å². The molecular weight excluding hydrogens is 570 g/mol. The van der Waals surface area contributed by atoms with Gasteiger partial charge in [-0.25, -0.2) is 26.0 Å². The maximum atomic E-state index is 11.4. The minimum absolute atomic E-state index is 0. The van der Waals surface area contributed by atoms with Crippen LogP contribution in [-0.2, 0) is 33.8 Å². The molecule has 196 valence electrons. The van der Waals surface area contributed by atoms with Crippen LogP contribution in [-0.4, -0.2) is 55.7 Å². The Morgan fingerprint density at radius 1 is 1.11 bits per heavy atom. The summed E-state index contributed by atoms with van der Waals surface area (Å²) in [6.45, 7) is 4.32. The first-order valence-corrected chi connectivity index (χ1v) is 15.8. The largest absolute Gasteiger partial charge is 1.00 e. The van der Waals surface area contributed by atoms with Gasteiger partial charge in [-0.15, -0.1) is 0 Å². The molecule has 0 radical (unpaired) electrons. The predicted octanol–water partition coefficient (Wildman–Crippen LogP) is -0.452. The first-order chi connectivity index (χ1) is 16.8. The standard InChI is InChI=1S/C22H27N3O7S4.Na/c1-14-15(2)23(3)22-21(14)34-20(25(22)8-5-10-35(26,27)28)13-19-24(9-11-36(29,30)31)17-12-16(32-4)6-7-18(17)33-19;/h6-7,12-13H,5,8-11H2,1-4H3,(H-,26,27,28,29,30,31);/q;+1/p-1. The fourth-order valence-corrected chi connectivity index (χ4v) is 7.54. The molecule has 0 fully saturated rings. The molecule has 37 heavy (non-hydrogen) atoms. The van der Waals surface area contributed by atoms with Crippen LogP contribution in [0.15, 0.2) is 28.1 Å².